The molecule has 7 heteroatoms. The quantitative estimate of drug-likeness (QED) is 0.706. The van der Waals surface area contributed by atoms with Gasteiger partial charge >= 0.3 is 0 Å². The standard InChI is InChI=1S/C21H24N2O5/c1-2-27-20-13-16(14-24)3-8-19(20)28-15-21(25)22-17-4-6-18(7-5-17)23-9-11-26-12-10-23/h3-8,13-14H,2,9-12,15H2,1H3,(H,22,25). The van der Waals surface area contributed by atoms with Crippen LogP contribution in [0.3, 0.4) is 0 Å². The average Bonchev–Trinajstić information content (AvgIpc) is 2.74. The number of anilines is 2. The minimum atomic E-state index is -0.277. The number of nitrogens with zero attached hydrogens (tertiary/aromatic N) is 1. The monoisotopic (exact) mass is 384 g/mol. The number of benzene rings is 2. The molecule has 0 unspecified atom stereocenters. The molecule has 7 nitrogen and oxygen atoms in total. The van der Waals surface area contributed by atoms with Crippen LogP contribution in [0.2, 0.25) is 0 Å². The van der Waals surface area contributed by atoms with Gasteiger partial charge in [-0.05, 0) is 49.4 Å². The van der Waals surface area contributed by atoms with Crippen LogP contribution < -0.4 is 19.7 Å². The molecule has 1 saturated heterocycles. The molecule has 2 aromatic rings. The second-order valence-corrected chi connectivity index (χ2v) is 6.24. The first-order valence-electron chi connectivity index (χ1n) is 9.27. The summed E-state index contributed by atoms with van der Waals surface area (Å²) in [5.41, 5.74) is 2.29. The minimum Gasteiger partial charge on any atom is -0.490 e. The van der Waals surface area contributed by atoms with Crippen LogP contribution in [-0.4, -0.2) is 51.7 Å². The molecule has 0 aromatic heterocycles. The average molecular weight is 384 g/mol. The van der Waals surface area contributed by atoms with E-state index in [4.69, 9.17) is 14.2 Å². The number of hydrogen-bond acceptors (Lipinski definition) is 6. The topological polar surface area (TPSA) is 77.1 Å². The molecule has 148 valence electrons. The van der Waals surface area contributed by atoms with E-state index in [-0.39, 0.29) is 12.5 Å². The highest BCUT2D eigenvalue weighted by Crippen LogP contribution is 2.28. The molecule has 1 aliphatic heterocycles. The molecule has 1 aliphatic rings. The molecule has 0 aliphatic carbocycles. The van der Waals surface area contributed by atoms with Gasteiger partial charge in [-0.2, -0.15) is 0 Å². The van der Waals surface area contributed by atoms with Crippen molar-refractivity contribution >= 4 is 23.6 Å². The lowest BCUT2D eigenvalue weighted by molar-refractivity contribution is -0.118. The number of morpholine rings is 1. The Morgan fingerprint density at radius 2 is 1.86 bits per heavy atom. The predicted molar refractivity (Wildman–Crippen MR) is 107 cm³/mol. The highest BCUT2D eigenvalue weighted by molar-refractivity contribution is 5.92. The van der Waals surface area contributed by atoms with Crippen LogP contribution in [0, 0.1) is 0 Å². The Hall–Kier alpha value is -3.06. The summed E-state index contributed by atoms with van der Waals surface area (Å²) in [4.78, 5) is 25.3. The molecule has 2 aromatic carbocycles. The Labute approximate surface area is 164 Å². The largest absolute Gasteiger partial charge is 0.490 e. The van der Waals surface area contributed by atoms with Crippen molar-refractivity contribution in [2.45, 2.75) is 6.92 Å². The Balaban J connectivity index is 1.55. The van der Waals surface area contributed by atoms with E-state index < -0.39 is 0 Å². The van der Waals surface area contributed by atoms with E-state index >= 15 is 0 Å². The highest BCUT2D eigenvalue weighted by atomic mass is 16.5. The lowest BCUT2D eigenvalue weighted by atomic mass is 10.2. The van der Waals surface area contributed by atoms with E-state index in [2.05, 4.69) is 10.2 Å². The lowest BCUT2D eigenvalue weighted by Crippen LogP contribution is -2.36. The van der Waals surface area contributed by atoms with Gasteiger partial charge in [0.2, 0.25) is 0 Å². The van der Waals surface area contributed by atoms with Crippen molar-refractivity contribution in [2.75, 3.05) is 49.7 Å². The SMILES string of the molecule is CCOc1cc(C=O)ccc1OCC(=O)Nc1ccc(N2CCOCC2)cc1. The van der Waals surface area contributed by atoms with Crippen molar-refractivity contribution in [3.63, 3.8) is 0 Å². The molecular formula is C21H24N2O5. The van der Waals surface area contributed by atoms with Gasteiger partial charge in [0.15, 0.2) is 18.1 Å². The first-order chi connectivity index (χ1) is 13.7. The fourth-order valence-electron chi connectivity index (χ4n) is 2.90. The summed E-state index contributed by atoms with van der Waals surface area (Å²) in [5, 5.41) is 2.81. The summed E-state index contributed by atoms with van der Waals surface area (Å²) >= 11 is 0. The molecule has 0 atom stereocenters. The summed E-state index contributed by atoms with van der Waals surface area (Å²) in [6, 6.07) is 12.5. The first-order valence-corrected chi connectivity index (χ1v) is 9.27. The third kappa shape index (κ3) is 5.23. The number of hydrogen-bond donors (Lipinski definition) is 1. The summed E-state index contributed by atoms with van der Waals surface area (Å²) in [6.07, 6.45) is 0.736. The van der Waals surface area contributed by atoms with E-state index in [1.165, 1.54) is 0 Å². The minimum absolute atomic E-state index is 0.161. The third-order valence-corrected chi connectivity index (χ3v) is 4.29. The normalized spacial score (nSPS) is 13.7. The number of aldehydes is 1. The first kappa shape index (κ1) is 19.7. The van der Waals surface area contributed by atoms with Crippen LogP contribution in [-0.2, 0) is 9.53 Å². The van der Waals surface area contributed by atoms with Gasteiger partial charge in [0.25, 0.3) is 5.91 Å². The van der Waals surface area contributed by atoms with E-state index in [0.717, 1.165) is 38.3 Å². The smallest absolute Gasteiger partial charge is 0.262 e. The maximum absolute atomic E-state index is 12.2. The maximum Gasteiger partial charge on any atom is 0.262 e. The second-order valence-electron chi connectivity index (χ2n) is 6.24. The summed E-state index contributed by atoms with van der Waals surface area (Å²) in [6.45, 7) is 5.30. The molecule has 3 rings (SSSR count). The van der Waals surface area contributed by atoms with Crippen molar-refractivity contribution in [3.05, 3.63) is 48.0 Å². The Kier molecular flexibility index (Phi) is 6.86. The molecule has 28 heavy (non-hydrogen) atoms. The zero-order valence-corrected chi connectivity index (χ0v) is 15.8. The van der Waals surface area contributed by atoms with Crippen molar-refractivity contribution in [1.82, 2.24) is 0 Å². The van der Waals surface area contributed by atoms with Crippen molar-refractivity contribution in [3.8, 4) is 11.5 Å². The number of carbonyl (C=O) groups excluding carboxylic acids is 2. The fraction of sp³-hybridized carbons (Fsp3) is 0.333. The Bertz CT molecular complexity index is 801. The number of carbonyl (C=O) groups is 2. The molecule has 0 spiro atoms. The number of amides is 1. The van der Waals surface area contributed by atoms with Crippen LogP contribution in [0.4, 0.5) is 11.4 Å². The van der Waals surface area contributed by atoms with Gasteiger partial charge in [0.1, 0.15) is 6.29 Å². The molecule has 1 N–H and O–H groups in total. The van der Waals surface area contributed by atoms with E-state index in [9.17, 15) is 9.59 Å². The second kappa shape index (κ2) is 9.75. The molecule has 1 amide bonds. The highest BCUT2D eigenvalue weighted by Gasteiger charge is 2.12. The molecule has 0 bridgehead atoms. The van der Waals surface area contributed by atoms with Gasteiger partial charge in [-0.15, -0.1) is 0 Å². The lowest BCUT2D eigenvalue weighted by Gasteiger charge is -2.28. The van der Waals surface area contributed by atoms with Crippen LogP contribution in [0.25, 0.3) is 0 Å². The number of ether oxygens (including phenoxy) is 3. The van der Waals surface area contributed by atoms with Gasteiger partial charge in [-0.3, -0.25) is 9.59 Å². The van der Waals surface area contributed by atoms with Gasteiger partial charge in [-0.1, -0.05) is 0 Å². The fourth-order valence-corrected chi connectivity index (χ4v) is 2.90. The number of nitrogens with one attached hydrogen (secondary N) is 1. The van der Waals surface area contributed by atoms with Crippen molar-refractivity contribution in [2.24, 2.45) is 0 Å². The summed E-state index contributed by atoms with van der Waals surface area (Å²) < 4.78 is 16.4. The zero-order valence-electron chi connectivity index (χ0n) is 15.8. The molecule has 0 saturated carbocycles. The Morgan fingerprint density at radius 1 is 1.11 bits per heavy atom. The summed E-state index contributed by atoms with van der Waals surface area (Å²) in [5.74, 6) is 0.584. The van der Waals surface area contributed by atoms with Gasteiger partial charge in [0.05, 0.1) is 19.8 Å². The number of rotatable bonds is 8. The van der Waals surface area contributed by atoms with Gasteiger partial charge in [0, 0.05) is 30.0 Å². The predicted octanol–water partition coefficient (Wildman–Crippen LogP) is 2.75. The molecular weight excluding hydrogens is 360 g/mol. The van der Waals surface area contributed by atoms with Crippen molar-refractivity contribution in [1.29, 1.82) is 0 Å². The zero-order chi connectivity index (χ0) is 19.8. The van der Waals surface area contributed by atoms with Crippen LogP contribution in [0.15, 0.2) is 42.5 Å². The van der Waals surface area contributed by atoms with E-state index in [0.29, 0.717) is 29.4 Å². The molecule has 1 fully saturated rings. The Morgan fingerprint density at radius 3 is 2.54 bits per heavy atom. The molecule has 0 radical (unpaired) electrons. The maximum atomic E-state index is 12.2. The van der Waals surface area contributed by atoms with E-state index in [1.807, 2.05) is 31.2 Å². The molecule has 1 heterocycles. The third-order valence-electron chi connectivity index (χ3n) is 4.29. The van der Waals surface area contributed by atoms with Gasteiger partial charge < -0.3 is 24.4 Å². The van der Waals surface area contributed by atoms with Crippen LogP contribution in [0.1, 0.15) is 17.3 Å². The van der Waals surface area contributed by atoms with Crippen LogP contribution >= 0.6 is 0 Å². The van der Waals surface area contributed by atoms with E-state index in [1.54, 1.807) is 18.2 Å². The van der Waals surface area contributed by atoms with Crippen LogP contribution in [0.5, 0.6) is 11.5 Å². The van der Waals surface area contributed by atoms with Crippen molar-refractivity contribution < 1.29 is 23.8 Å². The summed E-state index contributed by atoms with van der Waals surface area (Å²) in [7, 11) is 0. The van der Waals surface area contributed by atoms with Gasteiger partial charge in [-0.25, -0.2) is 0 Å².